The van der Waals surface area contributed by atoms with E-state index in [4.69, 9.17) is 0 Å². The van der Waals surface area contributed by atoms with Gasteiger partial charge in [-0.1, -0.05) is 76.8 Å². The Morgan fingerprint density at radius 1 is 0.880 bits per heavy atom. The van der Waals surface area contributed by atoms with Crippen molar-refractivity contribution in [2.75, 3.05) is 5.75 Å². The van der Waals surface area contributed by atoms with Crippen LogP contribution in [0.25, 0.3) is 10.9 Å². The van der Waals surface area contributed by atoms with E-state index in [9.17, 15) is 5.11 Å². The van der Waals surface area contributed by atoms with Gasteiger partial charge in [0.2, 0.25) is 0 Å². The Hall–Kier alpha value is -1.22. The minimum atomic E-state index is 0.277. The minimum absolute atomic E-state index is 0.277. The number of unbranched alkanes of at least 4 members (excludes halogenated alkanes) is 9. The second-order valence-corrected chi connectivity index (χ2v) is 7.98. The summed E-state index contributed by atoms with van der Waals surface area (Å²) < 4.78 is 0. The summed E-state index contributed by atoms with van der Waals surface area (Å²) in [5, 5.41) is 11.0. The van der Waals surface area contributed by atoms with E-state index in [1.54, 1.807) is 12.3 Å². The molecule has 25 heavy (non-hydrogen) atoms. The molecule has 1 heterocycles. The van der Waals surface area contributed by atoms with E-state index < -0.39 is 0 Å². The molecule has 0 atom stereocenters. The third-order valence-electron chi connectivity index (χ3n) is 4.74. The van der Waals surface area contributed by atoms with Crippen LogP contribution in [0.2, 0.25) is 0 Å². The largest absolute Gasteiger partial charge is 0.506 e. The molecule has 0 aliphatic carbocycles. The van der Waals surface area contributed by atoms with Gasteiger partial charge in [-0.05, 0) is 29.9 Å². The zero-order valence-corrected chi connectivity index (χ0v) is 16.5. The molecule has 2 nitrogen and oxygen atoms in total. The fourth-order valence-electron chi connectivity index (χ4n) is 3.22. The molecule has 3 heteroatoms. The number of rotatable bonds is 13. The van der Waals surface area contributed by atoms with E-state index in [1.165, 1.54) is 75.5 Å². The van der Waals surface area contributed by atoms with E-state index in [0.717, 1.165) is 16.7 Å². The molecular formula is C22H33NOS. The van der Waals surface area contributed by atoms with Gasteiger partial charge in [0.1, 0.15) is 11.3 Å². The van der Waals surface area contributed by atoms with Gasteiger partial charge in [-0.25, -0.2) is 0 Å². The van der Waals surface area contributed by atoms with Crippen molar-refractivity contribution < 1.29 is 5.11 Å². The standard InChI is InChI=1S/C22H33NOS/c1-2-3-4-5-6-7-8-9-10-11-17-25-18-19-14-15-21(24)22-20(19)13-12-16-23-22/h12-16,24H,2-11,17-18H2,1H3. The fourth-order valence-corrected chi connectivity index (χ4v) is 4.24. The summed E-state index contributed by atoms with van der Waals surface area (Å²) in [5.41, 5.74) is 2.00. The van der Waals surface area contributed by atoms with Gasteiger partial charge < -0.3 is 5.11 Å². The SMILES string of the molecule is CCCCCCCCCCCCSCc1ccc(O)c2ncccc12. The Balaban J connectivity index is 1.55. The number of phenolic OH excluding ortho intramolecular Hbond substituents is 1. The number of benzene rings is 1. The van der Waals surface area contributed by atoms with Gasteiger partial charge in [0.05, 0.1) is 0 Å². The average Bonchev–Trinajstić information content (AvgIpc) is 2.64. The van der Waals surface area contributed by atoms with Gasteiger partial charge in [0.25, 0.3) is 0 Å². The van der Waals surface area contributed by atoms with Crippen LogP contribution in [0.3, 0.4) is 0 Å². The maximum absolute atomic E-state index is 9.90. The quantitative estimate of drug-likeness (QED) is 0.387. The molecule has 0 radical (unpaired) electrons. The molecule has 1 aromatic heterocycles. The van der Waals surface area contributed by atoms with Crippen molar-refractivity contribution in [3.05, 3.63) is 36.0 Å². The van der Waals surface area contributed by atoms with E-state index in [1.807, 2.05) is 23.9 Å². The lowest BCUT2D eigenvalue weighted by Gasteiger charge is -2.07. The lowest BCUT2D eigenvalue weighted by atomic mass is 10.1. The molecule has 0 bridgehead atoms. The highest BCUT2D eigenvalue weighted by atomic mass is 32.2. The molecule has 0 fully saturated rings. The number of hydrogen-bond acceptors (Lipinski definition) is 3. The lowest BCUT2D eigenvalue weighted by molar-refractivity contribution is 0.480. The van der Waals surface area contributed by atoms with Gasteiger partial charge in [-0.3, -0.25) is 4.98 Å². The number of aromatic hydroxyl groups is 1. The van der Waals surface area contributed by atoms with Crippen LogP contribution in [-0.4, -0.2) is 15.8 Å². The second-order valence-electron chi connectivity index (χ2n) is 6.88. The molecule has 0 spiro atoms. The van der Waals surface area contributed by atoms with Crippen molar-refractivity contribution in [2.45, 2.75) is 76.9 Å². The second kappa shape index (κ2) is 12.2. The first-order chi connectivity index (χ1) is 12.3. The van der Waals surface area contributed by atoms with Crippen LogP contribution >= 0.6 is 11.8 Å². The van der Waals surface area contributed by atoms with Crippen LogP contribution in [0.1, 0.15) is 76.7 Å². The molecule has 1 N–H and O–H groups in total. The summed E-state index contributed by atoms with van der Waals surface area (Å²) in [6.45, 7) is 2.28. The molecule has 0 amide bonds. The summed E-state index contributed by atoms with van der Waals surface area (Å²) in [4.78, 5) is 4.29. The van der Waals surface area contributed by atoms with Crippen molar-refractivity contribution in [3.63, 3.8) is 0 Å². The predicted octanol–water partition coefficient (Wildman–Crippen LogP) is 7.09. The molecule has 138 valence electrons. The Morgan fingerprint density at radius 2 is 1.56 bits per heavy atom. The van der Waals surface area contributed by atoms with Gasteiger partial charge in [0.15, 0.2) is 0 Å². The number of aromatic nitrogens is 1. The highest BCUT2D eigenvalue weighted by molar-refractivity contribution is 7.98. The minimum Gasteiger partial charge on any atom is -0.506 e. The predicted molar refractivity (Wildman–Crippen MR) is 111 cm³/mol. The van der Waals surface area contributed by atoms with Gasteiger partial charge in [-0.2, -0.15) is 11.8 Å². The monoisotopic (exact) mass is 359 g/mol. The van der Waals surface area contributed by atoms with Crippen LogP contribution in [-0.2, 0) is 5.75 Å². The molecule has 1 aromatic carbocycles. The summed E-state index contributed by atoms with van der Waals surface area (Å²) in [5.74, 6) is 2.50. The molecule has 2 aromatic rings. The number of hydrogen-bond donors (Lipinski definition) is 1. The molecule has 0 saturated heterocycles. The van der Waals surface area contributed by atoms with E-state index in [-0.39, 0.29) is 5.75 Å². The average molecular weight is 360 g/mol. The third kappa shape index (κ3) is 7.27. The topological polar surface area (TPSA) is 33.1 Å². The number of nitrogens with zero attached hydrogens (tertiary/aromatic N) is 1. The number of phenols is 1. The lowest BCUT2D eigenvalue weighted by Crippen LogP contribution is -1.89. The number of fused-ring (bicyclic) bond motifs is 1. The Labute approximate surface area is 157 Å². The van der Waals surface area contributed by atoms with Crippen LogP contribution in [0.5, 0.6) is 5.75 Å². The van der Waals surface area contributed by atoms with Crippen molar-refractivity contribution in [3.8, 4) is 5.75 Å². The molecule has 0 unspecified atom stereocenters. The fraction of sp³-hybridized carbons (Fsp3) is 0.591. The van der Waals surface area contributed by atoms with E-state index >= 15 is 0 Å². The maximum atomic E-state index is 9.90. The zero-order valence-electron chi connectivity index (χ0n) is 15.7. The first-order valence-corrected chi connectivity index (χ1v) is 11.1. The Kier molecular flexibility index (Phi) is 9.79. The smallest absolute Gasteiger partial charge is 0.141 e. The highest BCUT2D eigenvalue weighted by Gasteiger charge is 2.05. The number of pyridine rings is 1. The molecule has 0 aliphatic heterocycles. The first kappa shape index (κ1) is 20.1. The first-order valence-electron chi connectivity index (χ1n) is 9.96. The summed E-state index contributed by atoms with van der Waals surface area (Å²) >= 11 is 2.00. The van der Waals surface area contributed by atoms with Crippen molar-refractivity contribution in [2.24, 2.45) is 0 Å². The summed E-state index contributed by atoms with van der Waals surface area (Å²) in [6.07, 6.45) is 15.7. The zero-order chi connectivity index (χ0) is 17.7. The molecule has 2 rings (SSSR count). The van der Waals surface area contributed by atoms with Crippen LogP contribution in [0.4, 0.5) is 0 Å². The van der Waals surface area contributed by atoms with Gasteiger partial charge in [0, 0.05) is 17.3 Å². The van der Waals surface area contributed by atoms with E-state index in [2.05, 4.69) is 18.0 Å². The number of thioether (sulfide) groups is 1. The summed E-state index contributed by atoms with van der Waals surface area (Å²) in [6, 6.07) is 7.80. The van der Waals surface area contributed by atoms with Crippen molar-refractivity contribution in [1.82, 2.24) is 4.98 Å². The summed E-state index contributed by atoms with van der Waals surface area (Å²) in [7, 11) is 0. The van der Waals surface area contributed by atoms with Crippen LogP contribution in [0.15, 0.2) is 30.5 Å². The van der Waals surface area contributed by atoms with E-state index in [0.29, 0.717) is 0 Å². The van der Waals surface area contributed by atoms with Crippen molar-refractivity contribution >= 4 is 22.7 Å². The third-order valence-corrected chi connectivity index (χ3v) is 5.83. The Bertz CT molecular complexity index is 614. The van der Waals surface area contributed by atoms with Gasteiger partial charge >= 0.3 is 0 Å². The molecule has 0 aliphatic rings. The van der Waals surface area contributed by atoms with Crippen molar-refractivity contribution in [1.29, 1.82) is 0 Å². The molecular weight excluding hydrogens is 326 g/mol. The highest BCUT2D eigenvalue weighted by Crippen LogP contribution is 2.28. The molecule has 0 saturated carbocycles. The van der Waals surface area contributed by atoms with Crippen LogP contribution < -0.4 is 0 Å². The Morgan fingerprint density at radius 3 is 2.28 bits per heavy atom. The van der Waals surface area contributed by atoms with Crippen LogP contribution in [0, 0.1) is 0 Å². The van der Waals surface area contributed by atoms with Gasteiger partial charge in [-0.15, -0.1) is 0 Å². The normalized spacial score (nSPS) is 11.2. The maximum Gasteiger partial charge on any atom is 0.141 e.